The van der Waals surface area contributed by atoms with E-state index >= 15 is 0 Å². The van der Waals surface area contributed by atoms with E-state index in [1.54, 1.807) is 6.07 Å². The molecule has 2 aromatic rings. The van der Waals surface area contributed by atoms with E-state index in [1.807, 2.05) is 4.68 Å². The first-order valence-corrected chi connectivity index (χ1v) is 7.53. The summed E-state index contributed by atoms with van der Waals surface area (Å²) < 4.78 is 15.3. The average Bonchev–Trinajstić information content (AvgIpc) is 3.34. The minimum Gasteiger partial charge on any atom is -0.399 e. The van der Waals surface area contributed by atoms with E-state index in [-0.39, 0.29) is 5.82 Å². The zero-order chi connectivity index (χ0) is 14.4. The molecule has 0 amide bonds. The molecule has 0 aliphatic heterocycles. The first-order valence-electron chi connectivity index (χ1n) is 7.53. The van der Waals surface area contributed by atoms with E-state index < -0.39 is 0 Å². The zero-order valence-corrected chi connectivity index (χ0v) is 11.7. The van der Waals surface area contributed by atoms with Crippen LogP contribution in [0.25, 0.3) is 11.4 Å². The van der Waals surface area contributed by atoms with Gasteiger partial charge in [0.05, 0.1) is 0 Å². The Morgan fingerprint density at radius 2 is 1.90 bits per heavy atom. The Bertz CT molecular complexity index is 628. The lowest BCUT2D eigenvalue weighted by molar-refractivity contribution is 0.331. The third kappa shape index (κ3) is 2.62. The molecule has 2 saturated carbocycles. The molecule has 0 radical (unpaired) electrons. The van der Waals surface area contributed by atoms with Gasteiger partial charge in [-0.2, -0.15) is 0 Å². The summed E-state index contributed by atoms with van der Waals surface area (Å²) in [7, 11) is 0. The van der Waals surface area contributed by atoms with Crippen LogP contribution < -0.4 is 5.73 Å². The summed E-state index contributed by atoms with van der Waals surface area (Å²) in [6, 6.07) is 4.45. The van der Waals surface area contributed by atoms with Gasteiger partial charge in [-0.05, 0) is 72.1 Å². The van der Waals surface area contributed by atoms with Crippen LogP contribution in [0.3, 0.4) is 0 Å². The molecule has 2 aliphatic carbocycles. The molecule has 0 unspecified atom stereocenters. The molecule has 2 N–H and O–H groups in total. The van der Waals surface area contributed by atoms with Gasteiger partial charge in [-0.3, -0.25) is 0 Å². The summed E-state index contributed by atoms with van der Waals surface area (Å²) in [5.41, 5.74) is 6.75. The maximum Gasteiger partial charge on any atom is 0.182 e. The molecule has 110 valence electrons. The van der Waals surface area contributed by atoms with Crippen molar-refractivity contribution in [1.82, 2.24) is 20.2 Å². The van der Waals surface area contributed by atoms with Crippen LogP contribution in [0.1, 0.15) is 25.7 Å². The zero-order valence-electron chi connectivity index (χ0n) is 11.7. The summed E-state index contributed by atoms with van der Waals surface area (Å²) in [5.74, 6) is 2.56. The standard InChI is InChI=1S/C15H18FN5/c16-12-5-11(6-13(17)7-12)15-18-19-20-21(15)8-14(9-1-2-9)10-3-4-10/h5-7,9-10,14H,1-4,8,17H2. The summed E-state index contributed by atoms with van der Waals surface area (Å²) in [5, 5.41) is 11.9. The Morgan fingerprint density at radius 3 is 2.52 bits per heavy atom. The van der Waals surface area contributed by atoms with Crippen molar-refractivity contribution in [3.05, 3.63) is 24.0 Å². The number of anilines is 1. The molecule has 0 bridgehead atoms. The molecule has 6 heteroatoms. The highest BCUT2D eigenvalue weighted by molar-refractivity contribution is 5.61. The smallest absolute Gasteiger partial charge is 0.182 e. The second-order valence-electron chi connectivity index (χ2n) is 6.30. The van der Waals surface area contributed by atoms with Gasteiger partial charge in [0.1, 0.15) is 5.82 Å². The topological polar surface area (TPSA) is 69.6 Å². The number of halogens is 1. The highest BCUT2D eigenvalue weighted by Gasteiger charge is 2.41. The molecule has 2 fully saturated rings. The quantitative estimate of drug-likeness (QED) is 0.858. The SMILES string of the molecule is Nc1cc(F)cc(-c2nnnn2CC(C2CC2)C2CC2)c1. The van der Waals surface area contributed by atoms with Crippen LogP contribution in [0.2, 0.25) is 0 Å². The summed E-state index contributed by atoms with van der Waals surface area (Å²) in [4.78, 5) is 0. The molecule has 1 heterocycles. The van der Waals surface area contributed by atoms with Crippen LogP contribution in [0.15, 0.2) is 18.2 Å². The molecule has 4 rings (SSSR count). The number of aromatic nitrogens is 4. The van der Waals surface area contributed by atoms with E-state index in [9.17, 15) is 4.39 Å². The normalized spacial score (nSPS) is 18.4. The Labute approximate surface area is 122 Å². The monoisotopic (exact) mass is 287 g/mol. The number of tetrazole rings is 1. The minimum atomic E-state index is -0.361. The van der Waals surface area contributed by atoms with Crippen molar-refractivity contribution in [1.29, 1.82) is 0 Å². The lowest BCUT2D eigenvalue weighted by Crippen LogP contribution is -2.17. The van der Waals surface area contributed by atoms with Crippen LogP contribution in [-0.4, -0.2) is 20.2 Å². The van der Waals surface area contributed by atoms with E-state index in [1.165, 1.54) is 37.8 Å². The van der Waals surface area contributed by atoms with E-state index in [0.29, 0.717) is 23.0 Å². The number of nitrogen functional groups attached to an aromatic ring is 1. The summed E-state index contributed by atoms with van der Waals surface area (Å²) >= 11 is 0. The Hall–Kier alpha value is -1.98. The highest BCUT2D eigenvalue weighted by Crippen LogP contribution is 2.50. The van der Waals surface area contributed by atoms with Crippen LogP contribution in [-0.2, 0) is 6.54 Å². The molecule has 21 heavy (non-hydrogen) atoms. The predicted molar refractivity (Wildman–Crippen MR) is 76.6 cm³/mol. The molecule has 5 nitrogen and oxygen atoms in total. The van der Waals surface area contributed by atoms with Gasteiger partial charge >= 0.3 is 0 Å². The second-order valence-corrected chi connectivity index (χ2v) is 6.30. The summed E-state index contributed by atoms with van der Waals surface area (Å²) in [6.45, 7) is 0.827. The Balaban J connectivity index is 1.63. The van der Waals surface area contributed by atoms with Crippen LogP contribution in [0.5, 0.6) is 0 Å². The Morgan fingerprint density at radius 1 is 1.19 bits per heavy atom. The highest BCUT2D eigenvalue weighted by atomic mass is 19.1. The van der Waals surface area contributed by atoms with Crippen LogP contribution in [0, 0.1) is 23.6 Å². The van der Waals surface area contributed by atoms with Gasteiger partial charge in [0.15, 0.2) is 5.82 Å². The predicted octanol–water partition coefficient (Wildman–Crippen LogP) is 2.50. The maximum atomic E-state index is 13.5. The number of nitrogens with two attached hydrogens (primary N) is 1. The van der Waals surface area contributed by atoms with Gasteiger partial charge in [0, 0.05) is 17.8 Å². The van der Waals surface area contributed by atoms with Gasteiger partial charge < -0.3 is 5.73 Å². The first kappa shape index (κ1) is 12.7. The van der Waals surface area contributed by atoms with Crippen molar-refractivity contribution in [2.24, 2.45) is 17.8 Å². The largest absolute Gasteiger partial charge is 0.399 e. The molecule has 0 saturated heterocycles. The van der Waals surface area contributed by atoms with E-state index in [2.05, 4.69) is 15.5 Å². The molecule has 1 aromatic carbocycles. The fourth-order valence-electron chi connectivity index (χ4n) is 3.21. The molecular formula is C15H18FN5. The number of hydrogen-bond donors (Lipinski definition) is 1. The minimum absolute atomic E-state index is 0.361. The summed E-state index contributed by atoms with van der Waals surface area (Å²) in [6.07, 6.45) is 5.30. The lowest BCUT2D eigenvalue weighted by atomic mass is 9.98. The molecule has 0 spiro atoms. The van der Waals surface area contributed by atoms with Crippen molar-refractivity contribution in [3.8, 4) is 11.4 Å². The molecule has 0 atom stereocenters. The number of benzene rings is 1. The number of nitrogens with zero attached hydrogens (tertiary/aromatic N) is 4. The van der Waals surface area contributed by atoms with Crippen molar-refractivity contribution in [3.63, 3.8) is 0 Å². The third-order valence-electron chi connectivity index (χ3n) is 4.55. The Kier molecular flexibility index (Phi) is 2.90. The lowest BCUT2D eigenvalue weighted by Gasteiger charge is -2.16. The van der Waals surface area contributed by atoms with Gasteiger partial charge in [0.25, 0.3) is 0 Å². The molecular weight excluding hydrogens is 269 g/mol. The first-order chi connectivity index (χ1) is 10.2. The fourth-order valence-corrected chi connectivity index (χ4v) is 3.21. The van der Waals surface area contributed by atoms with Gasteiger partial charge in [-0.1, -0.05) is 0 Å². The second kappa shape index (κ2) is 4.79. The van der Waals surface area contributed by atoms with Gasteiger partial charge in [-0.25, -0.2) is 9.07 Å². The number of rotatable bonds is 5. The number of hydrogen-bond acceptors (Lipinski definition) is 4. The van der Waals surface area contributed by atoms with Gasteiger partial charge in [0.2, 0.25) is 0 Å². The fraction of sp³-hybridized carbons (Fsp3) is 0.533. The van der Waals surface area contributed by atoms with Crippen LogP contribution >= 0.6 is 0 Å². The molecule has 1 aromatic heterocycles. The van der Waals surface area contributed by atoms with Crippen molar-refractivity contribution >= 4 is 5.69 Å². The van der Waals surface area contributed by atoms with Gasteiger partial charge in [-0.15, -0.1) is 5.10 Å². The van der Waals surface area contributed by atoms with Crippen molar-refractivity contribution in [2.75, 3.05) is 5.73 Å². The molecule has 2 aliphatic rings. The third-order valence-corrected chi connectivity index (χ3v) is 4.55. The van der Waals surface area contributed by atoms with E-state index in [0.717, 1.165) is 18.4 Å². The van der Waals surface area contributed by atoms with Crippen LogP contribution in [0.4, 0.5) is 10.1 Å². The van der Waals surface area contributed by atoms with Crippen molar-refractivity contribution < 1.29 is 4.39 Å². The average molecular weight is 287 g/mol. The van der Waals surface area contributed by atoms with E-state index in [4.69, 9.17) is 5.73 Å². The van der Waals surface area contributed by atoms with Crippen molar-refractivity contribution in [2.45, 2.75) is 32.2 Å². The maximum absolute atomic E-state index is 13.5.